The summed E-state index contributed by atoms with van der Waals surface area (Å²) >= 11 is 0. The number of ether oxygens (including phenoxy) is 2. The fraction of sp³-hybridized carbons (Fsp3) is 0.235. The summed E-state index contributed by atoms with van der Waals surface area (Å²) in [6, 6.07) is 8.53. The highest BCUT2D eigenvalue weighted by Gasteiger charge is 2.35. The topological polar surface area (TPSA) is 35.5 Å². The Morgan fingerprint density at radius 3 is 2.26 bits per heavy atom. The van der Waals surface area contributed by atoms with Gasteiger partial charge in [0.25, 0.3) is 0 Å². The highest BCUT2D eigenvalue weighted by molar-refractivity contribution is 5.96. The molecule has 0 saturated carbocycles. The first kappa shape index (κ1) is 16.9. The van der Waals surface area contributed by atoms with Crippen LogP contribution < -0.4 is 9.47 Å². The van der Waals surface area contributed by atoms with E-state index in [0.29, 0.717) is 17.1 Å². The minimum absolute atomic E-state index is 0.290. The third kappa shape index (κ3) is 3.31. The number of methoxy groups -OCH3 is 2. The molecule has 0 aromatic heterocycles. The zero-order chi connectivity index (χ0) is 17.2. The molecule has 23 heavy (non-hydrogen) atoms. The molecule has 0 spiro atoms. The van der Waals surface area contributed by atoms with E-state index in [-0.39, 0.29) is 11.1 Å². The van der Waals surface area contributed by atoms with E-state index in [1.165, 1.54) is 26.4 Å². The average molecular weight is 324 g/mol. The van der Waals surface area contributed by atoms with Crippen LogP contribution >= 0.6 is 0 Å². The molecule has 6 heteroatoms. The summed E-state index contributed by atoms with van der Waals surface area (Å²) in [7, 11) is 2.86. The Balaban J connectivity index is 2.69. The van der Waals surface area contributed by atoms with E-state index in [2.05, 4.69) is 0 Å². The third-order valence-corrected chi connectivity index (χ3v) is 3.42. The molecule has 0 bridgehead atoms. The molecule has 0 atom stereocenters. The lowest BCUT2D eigenvalue weighted by molar-refractivity contribution is -0.137. The molecule has 122 valence electrons. The van der Waals surface area contributed by atoms with E-state index >= 15 is 0 Å². The number of hydrogen-bond donors (Lipinski definition) is 0. The van der Waals surface area contributed by atoms with E-state index in [4.69, 9.17) is 9.47 Å². The molecule has 0 fully saturated rings. The van der Waals surface area contributed by atoms with Gasteiger partial charge in [-0.1, -0.05) is 24.3 Å². The van der Waals surface area contributed by atoms with Gasteiger partial charge in [0.05, 0.1) is 19.8 Å². The normalized spacial score (nSPS) is 11.2. The summed E-state index contributed by atoms with van der Waals surface area (Å²) in [5.41, 5.74) is -0.582. The van der Waals surface area contributed by atoms with E-state index in [0.717, 1.165) is 13.0 Å². The molecular weight excluding hydrogens is 309 g/mol. The summed E-state index contributed by atoms with van der Waals surface area (Å²) in [5.74, 6) is 0.106. The molecule has 2 aromatic rings. The number of rotatable bonds is 4. The van der Waals surface area contributed by atoms with Crippen molar-refractivity contribution < 1.29 is 27.4 Å². The van der Waals surface area contributed by atoms with Gasteiger partial charge in [0.1, 0.15) is 0 Å². The Bertz CT molecular complexity index is 736. The first-order chi connectivity index (χ1) is 10.8. The quantitative estimate of drug-likeness (QED) is 0.772. The van der Waals surface area contributed by atoms with Crippen molar-refractivity contribution in [3.05, 3.63) is 47.5 Å². The number of halogens is 3. The number of alkyl halides is 3. The minimum Gasteiger partial charge on any atom is -0.493 e. The van der Waals surface area contributed by atoms with Crippen LogP contribution in [0.3, 0.4) is 0 Å². The predicted octanol–water partition coefficient (Wildman–Crippen LogP) is 4.59. The van der Waals surface area contributed by atoms with Gasteiger partial charge in [0, 0.05) is 11.1 Å². The summed E-state index contributed by atoms with van der Waals surface area (Å²) in [5, 5.41) is 0. The Hall–Kier alpha value is -2.50. The van der Waals surface area contributed by atoms with Gasteiger partial charge in [-0.15, -0.1) is 0 Å². The predicted molar refractivity (Wildman–Crippen MR) is 80.0 cm³/mol. The first-order valence-corrected chi connectivity index (χ1v) is 6.73. The maximum absolute atomic E-state index is 13.2. The number of ketones is 1. The molecule has 0 heterocycles. The molecule has 0 aliphatic carbocycles. The fourth-order valence-corrected chi connectivity index (χ4v) is 2.37. The van der Waals surface area contributed by atoms with Crippen LogP contribution in [0.5, 0.6) is 11.5 Å². The zero-order valence-electron chi connectivity index (χ0n) is 12.8. The van der Waals surface area contributed by atoms with Crippen molar-refractivity contribution in [2.45, 2.75) is 13.1 Å². The maximum atomic E-state index is 13.2. The van der Waals surface area contributed by atoms with E-state index in [1.807, 2.05) is 0 Å². The van der Waals surface area contributed by atoms with Crippen LogP contribution in [0.4, 0.5) is 13.2 Å². The van der Waals surface area contributed by atoms with Crippen molar-refractivity contribution in [2.24, 2.45) is 0 Å². The van der Waals surface area contributed by atoms with Crippen molar-refractivity contribution in [3.63, 3.8) is 0 Å². The van der Waals surface area contributed by atoms with Crippen molar-refractivity contribution in [2.75, 3.05) is 14.2 Å². The van der Waals surface area contributed by atoms with Crippen LogP contribution in [0.2, 0.25) is 0 Å². The Kier molecular flexibility index (Phi) is 4.63. The largest absolute Gasteiger partial charge is 0.493 e. The van der Waals surface area contributed by atoms with Gasteiger partial charge in [-0.3, -0.25) is 4.79 Å². The highest BCUT2D eigenvalue weighted by Crippen LogP contribution is 2.40. The lowest BCUT2D eigenvalue weighted by atomic mass is 9.96. The van der Waals surface area contributed by atoms with Crippen LogP contribution in [-0.2, 0) is 6.18 Å². The van der Waals surface area contributed by atoms with Crippen LogP contribution in [0.1, 0.15) is 22.8 Å². The van der Waals surface area contributed by atoms with Gasteiger partial charge in [-0.2, -0.15) is 13.2 Å². The number of carbonyl (C=O) groups is 1. The van der Waals surface area contributed by atoms with Gasteiger partial charge >= 0.3 is 6.18 Å². The zero-order valence-corrected chi connectivity index (χ0v) is 12.8. The first-order valence-electron chi connectivity index (χ1n) is 6.73. The van der Waals surface area contributed by atoms with Gasteiger partial charge < -0.3 is 9.47 Å². The second-order valence-corrected chi connectivity index (χ2v) is 4.86. The minimum atomic E-state index is -4.62. The fourth-order valence-electron chi connectivity index (χ4n) is 2.37. The highest BCUT2D eigenvalue weighted by atomic mass is 19.4. The molecule has 0 unspecified atom stereocenters. The van der Waals surface area contributed by atoms with Crippen molar-refractivity contribution >= 4 is 5.78 Å². The maximum Gasteiger partial charge on any atom is 0.417 e. The van der Waals surface area contributed by atoms with E-state index < -0.39 is 17.5 Å². The summed E-state index contributed by atoms with van der Waals surface area (Å²) < 4.78 is 50.1. The summed E-state index contributed by atoms with van der Waals surface area (Å²) in [4.78, 5) is 11.4. The molecular formula is C17H15F3O3. The number of hydrogen-bond acceptors (Lipinski definition) is 3. The second-order valence-electron chi connectivity index (χ2n) is 4.86. The second kappa shape index (κ2) is 6.32. The molecule has 0 aliphatic heterocycles. The molecule has 2 aromatic carbocycles. The number of carbonyl (C=O) groups excluding carboxylic acids is 1. The average Bonchev–Trinajstić information content (AvgIpc) is 2.52. The van der Waals surface area contributed by atoms with Crippen LogP contribution in [-0.4, -0.2) is 20.0 Å². The lowest BCUT2D eigenvalue weighted by Crippen LogP contribution is -2.12. The summed E-state index contributed by atoms with van der Waals surface area (Å²) in [6.07, 6.45) is -4.62. The molecule has 3 nitrogen and oxygen atoms in total. The molecule has 0 radical (unpaired) electrons. The van der Waals surface area contributed by atoms with E-state index in [1.54, 1.807) is 18.2 Å². The van der Waals surface area contributed by atoms with Crippen LogP contribution in [0.15, 0.2) is 36.4 Å². The molecule has 2 rings (SSSR count). The molecule has 0 saturated heterocycles. The standard InChI is InChI=1S/C17H15F3O3/c1-10(21)12-8-7-11(9-14(12)17(18,19)20)13-5-4-6-15(22-2)16(13)23-3/h4-9H,1-3H3. The van der Waals surface area contributed by atoms with Crippen molar-refractivity contribution in [1.29, 1.82) is 0 Å². The molecule has 0 aliphatic rings. The summed E-state index contributed by atoms with van der Waals surface area (Å²) in [6.45, 7) is 1.11. The van der Waals surface area contributed by atoms with E-state index in [9.17, 15) is 18.0 Å². The van der Waals surface area contributed by atoms with Gasteiger partial charge in [-0.05, 0) is 24.6 Å². The number of para-hydroxylation sites is 1. The SMILES string of the molecule is COc1cccc(-c2ccc(C(C)=O)c(C(F)(F)F)c2)c1OC. The van der Waals surface area contributed by atoms with Crippen molar-refractivity contribution in [1.82, 2.24) is 0 Å². The van der Waals surface area contributed by atoms with Crippen LogP contribution in [0, 0.1) is 0 Å². The lowest BCUT2D eigenvalue weighted by Gasteiger charge is -2.16. The molecule has 0 amide bonds. The van der Waals surface area contributed by atoms with Gasteiger partial charge in [-0.25, -0.2) is 0 Å². The third-order valence-electron chi connectivity index (χ3n) is 3.42. The Morgan fingerprint density at radius 2 is 1.74 bits per heavy atom. The smallest absolute Gasteiger partial charge is 0.417 e. The number of Topliss-reactive ketones (excluding diaryl/α,β-unsaturated/α-hetero) is 1. The monoisotopic (exact) mass is 324 g/mol. The Morgan fingerprint density at radius 1 is 1.04 bits per heavy atom. The van der Waals surface area contributed by atoms with Crippen molar-refractivity contribution in [3.8, 4) is 22.6 Å². The van der Waals surface area contributed by atoms with Gasteiger partial charge in [0.2, 0.25) is 0 Å². The number of benzene rings is 2. The Labute approximate surface area is 131 Å². The van der Waals surface area contributed by atoms with Gasteiger partial charge in [0.15, 0.2) is 17.3 Å². The van der Waals surface area contributed by atoms with Crippen LogP contribution in [0.25, 0.3) is 11.1 Å². The molecule has 0 N–H and O–H groups in total.